The van der Waals surface area contributed by atoms with Gasteiger partial charge in [-0.25, -0.2) is 0 Å². The molecule has 1 N–H and O–H groups in total. The SMILES string of the molecule is O=C(Cc1c(Cl)ccc(Cl)c1Cl)NCc1cccc(Cl)c1. The summed E-state index contributed by atoms with van der Waals surface area (Å²) in [5, 5.41) is 4.52. The first-order chi connectivity index (χ1) is 9.97. The average Bonchev–Trinajstić information content (AvgIpc) is 2.46. The molecule has 0 aliphatic rings. The maximum atomic E-state index is 12.0. The van der Waals surface area contributed by atoms with Crippen LogP contribution in [0.1, 0.15) is 11.1 Å². The highest BCUT2D eigenvalue weighted by Gasteiger charge is 2.13. The van der Waals surface area contributed by atoms with E-state index >= 15 is 0 Å². The number of carbonyl (C=O) groups excluding carboxylic acids is 1. The second-order valence-corrected chi connectivity index (χ2v) is 6.03. The average molecular weight is 363 g/mol. The normalized spacial score (nSPS) is 10.5. The van der Waals surface area contributed by atoms with Crippen LogP contribution in [0.3, 0.4) is 0 Å². The molecule has 110 valence electrons. The molecule has 1 amide bonds. The molecule has 0 radical (unpaired) electrons. The molecule has 0 bridgehead atoms. The van der Waals surface area contributed by atoms with Crippen LogP contribution in [-0.4, -0.2) is 5.91 Å². The molecule has 0 saturated heterocycles. The third-order valence-electron chi connectivity index (χ3n) is 2.85. The molecule has 0 atom stereocenters. The molecule has 0 heterocycles. The second-order valence-electron chi connectivity index (χ2n) is 4.41. The number of amides is 1. The Hall–Kier alpha value is -0.930. The highest BCUT2D eigenvalue weighted by molar-refractivity contribution is 6.44. The predicted octanol–water partition coefficient (Wildman–Crippen LogP) is 5.16. The summed E-state index contributed by atoms with van der Waals surface area (Å²) >= 11 is 23.9. The van der Waals surface area contributed by atoms with Gasteiger partial charge in [-0.3, -0.25) is 4.79 Å². The van der Waals surface area contributed by atoms with E-state index in [1.807, 2.05) is 12.1 Å². The molecule has 0 aliphatic carbocycles. The summed E-state index contributed by atoms with van der Waals surface area (Å²) < 4.78 is 0. The lowest BCUT2D eigenvalue weighted by molar-refractivity contribution is -0.120. The van der Waals surface area contributed by atoms with Gasteiger partial charge in [-0.1, -0.05) is 58.5 Å². The van der Waals surface area contributed by atoms with E-state index in [1.165, 1.54) is 0 Å². The van der Waals surface area contributed by atoms with Crippen LogP contribution < -0.4 is 5.32 Å². The van der Waals surface area contributed by atoms with Crippen molar-refractivity contribution in [3.05, 3.63) is 67.6 Å². The molecule has 0 fully saturated rings. The number of nitrogens with one attached hydrogen (secondary N) is 1. The topological polar surface area (TPSA) is 29.1 Å². The van der Waals surface area contributed by atoms with E-state index in [2.05, 4.69) is 5.32 Å². The first kappa shape index (κ1) is 16.4. The fourth-order valence-electron chi connectivity index (χ4n) is 1.80. The third-order valence-corrected chi connectivity index (χ3v) is 4.29. The quantitative estimate of drug-likeness (QED) is 0.748. The van der Waals surface area contributed by atoms with E-state index in [0.29, 0.717) is 32.2 Å². The number of rotatable bonds is 4. The lowest BCUT2D eigenvalue weighted by Gasteiger charge is -2.09. The van der Waals surface area contributed by atoms with Crippen molar-refractivity contribution in [2.45, 2.75) is 13.0 Å². The molecule has 0 unspecified atom stereocenters. The molecule has 0 aliphatic heterocycles. The van der Waals surface area contributed by atoms with Crippen molar-refractivity contribution in [3.63, 3.8) is 0 Å². The summed E-state index contributed by atoms with van der Waals surface area (Å²) in [6.07, 6.45) is 0.0682. The Morgan fingerprint density at radius 2 is 1.71 bits per heavy atom. The molecule has 2 nitrogen and oxygen atoms in total. The predicted molar refractivity (Wildman–Crippen MR) is 88.5 cm³/mol. The van der Waals surface area contributed by atoms with E-state index in [-0.39, 0.29) is 12.3 Å². The van der Waals surface area contributed by atoms with E-state index in [9.17, 15) is 4.79 Å². The zero-order valence-corrected chi connectivity index (χ0v) is 13.8. The first-order valence-electron chi connectivity index (χ1n) is 6.11. The Kier molecular flexibility index (Phi) is 5.77. The summed E-state index contributed by atoms with van der Waals surface area (Å²) in [4.78, 5) is 12.0. The summed E-state index contributed by atoms with van der Waals surface area (Å²) in [5.41, 5.74) is 1.44. The lowest BCUT2D eigenvalue weighted by atomic mass is 10.1. The molecule has 2 aromatic rings. The monoisotopic (exact) mass is 361 g/mol. The number of benzene rings is 2. The highest BCUT2D eigenvalue weighted by atomic mass is 35.5. The maximum Gasteiger partial charge on any atom is 0.224 e. The van der Waals surface area contributed by atoms with Gasteiger partial charge >= 0.3 is 0 Å². The molecule has 21 heavy (non-hydrogen) atoms. The van der Waals surface area contributed by atoms with Gasteiger partial charge in [-0.15, -0.1) is 0 Å². The van der Waals surface area contributed by atoms with E-state index in [1.54, 1.807) is 24.3 Å². The second kappa shape index (κ2) is 7.37. The van der Waals surface area contributed by atoms with Crippen LogP contribution in [0.2, 0.25) is 20.1 Å². The van der Waals surface area contributed by atoms with Gasteiger partial charge in [0.1, 0.15) is 0 Å². The fourth-order valence-corrected chi connectivity index (χ4v) is 2.70. The van der Waals surface area contributed by atoms with Crippen molar-refractivity contribution in [1.29, 1.82) is 0 Å². The van der Waals surface area contributed by atoms with Gasteiger partial charge in [-0.05, 0) is 29.8 Å². The summed E-state index contributed by atoms with van der Waals surface area (Å²) in [6, 6.07) is 10.5. The van der Waals surface area contributed by atoms with Crippen molar-refractivity contribution in [2.24, 2.45) is 0 Å². The van der Waals surface area contributed by atoms with Gasteiger partial charge in [0, 0.05) is 22.2 Å². The molecule has 2 rings (SSSR count). The largest absolute Gasteiger partial charge is 0.352 e. The Morgan fingerprint density at radius 3 is 2.43 bits per heavy atom. The Bertz CT molecular complexity index is 673. The fraction of sp³-hybridized carbons (Fsp3) is 0.133. The van der Waals surface area contributed by atoms with Gasteiger partial charge in [0.2, 0.25) is 5.91 Å². The van der Waals surface area contributed by atoms with Crippen molar-refractivity contribution >= 4 is 52.3 Å². The van der Waals surface area contributed by atoms with Crippen molar-refractivity contribution < 1.29 is 4.79 Å². The number of hydrogen-bond acceptors (Lipinski definition) is 1. The lowest BCUT2D eigenvalue weighted by Crippen LogP contribution is -2.24. The van der Waals surface area contributed by atoms with Gasteiger partial charge in [-0.2, -0.15) is 0 Å². The molecule has 0 saturated carbocycles. The van der Waals surface area contributed by atoms with Crippen LogP contribution >= 0.6 is 46.4 Å². The molecule has 0 spiro atoms. The molecular weight excluding hydrogens is 352 g/mol. The van der Waals surface area contributed by atoms with E-state index < -0.39 is 0 Å². The molecule has 2 aromatic carbocycles. The Morgan fingerprint density at radius 1 is 1.00 bits per heavy atom. The standard InChI is InChI=1S/C15H11Cl4NO/c16-10-3-1-2-9(6-10)8-20-14(21)7-11-12(17)4-5-13(18)15(11)19/h1-6H,7-8H2,(H,20,21). The van der Waals surface area contributed by atoms with Gasteiger partial charge < -0.3 is 5.32 Å². The third kappa shape index (κ3) is 4.52. The van der Waals surface area contributed by atoms with Gasteiger partial charge in [0.25, 0.3) is 0 Å². The minimum atomic E-state index is -0.193. The van der Waals surface area contributed by atoms with E-state index in [0.717, 1.165) is 5.56 Å². The van der Waals surface area contributed by atoms with Crippen LogP contribution in [0.4, 0.5) is 0 Å². The molecule has 6 heteroatoms. The molecule has 0 aromatic heterocycles. The zero-order valence-electron chi connectivity index (χ0n) is 10.8. The first-order valence-corrected chi connectivity index (χ1v) is 7.62. The van der Waals surface area contributed by atoms with Crippen LogP contribution in [0.25, 0.3) is 0 Å². The van der Waals surface area contributed by atoms with Crippen molar-refractivity contribution in [1.82, 2.24) is 5.32 Å². The minimum absolute atomic E-state index is 0.0682. The van der Waals surface area contributed by atoms with Crippen LogP contribution in [0.5, 0.6) is 0 Å². The number of hydrogen-bond donors (Lipinski definition) is 1. The Balaban J connectivity index is 2.01. The summed E-state index contributed by atoms with van der Waals surface area (Å²) in [7, 11) is 0. The molecular formula is C15H11Cl4NO. The van der Waals surface area contributed by atoms with Gasteiger partial charge in [0.15, 0.2) is 0 Å². The summed E-state index contributed by atoms with van der Waals surface area (Å²) in [6.45, 7) is 0.384. The highest BCUT2D eigenvalue weighted by Crippen LogP contribution is 2.31. The van der Waals surface area contributed by atoms with Crippen LogP contribution in [-0.2, 0) is 17.8 Å². The van der Waals surface area contributed by atoms with Crippen molar-refractivity contribution in [3.8, 4) is 0 Å². The van der Waals surface area contributed by atoms with Crippen molar-refractivity contribution in [2.75, 3.05) is 0 Å². The minimum Gasteiger partial charge on any atom is -0.352 e. The Labute approximate surface area is 143 Å². The van der Waals surface area contributed by atoms with E-state index in [4.69, 9.17) is 46.4 Å². The number of carbonyl (C=O) groups is 1. The van der Waals surface area contributed by atoms with Gasteiger partial charge in [0.05, 0.1) is 16.5 Å². The maximum absolute atomic E-state index is 12.0. The number of halogens is 4. The smallest absolute Gasteiger partial charge is 0.224 e. The van der Waals surface area contributed by atoms with Crippen LogP contribution in [0.15, 0.2) is 36.4 Å². The van der Waals surface area contributed by atoms with Crippen LogP contribution in [0, 0.1) is 0 Å². The zero-order chi connectivity index (χ0) is 15.4. The summed E-state index contributed by atoms with van der Waals surface area (Å²) in [5.74, 6) is -0.193.